The van der Waals surface area contributed by atoms with Gasteiger partial charge in [-0.25, -0.2) is 0 Å². The molecule has 1 rings (SSSR count). The van der Waals surface area contributed by atoms with Crippen molar-refractivity contribution in [3.8, 4) is 11.8 Å². The van der Waals surface area contributed by atoms with Gasteiger partial charge < -0.3 is 10.8 Å². The number of halogens is 1. The zero-order valence-corrected chi connectivity index (χ0v) is 8.71. The van der Waals surface area contributed by atoms with Crippen molar-refractivity contribution in [3.05, 3.63) is 34.3 Å². The molecule has 0 radical (unpaired) electrons. The molecule has 0 aromatic heterocycles. The third kappa shape index (κ3) is 3.60. The van der Waals surface area contributed by atoms with Gasteiger partial charge in [-0.05, 0) is 30.2 Å². The first-order chi connectivity index (χ1) is 6.22. The molecule has 0 saturated heterocycles. The lowest BCUT2D eigenvalue weighted by molar-refractivity contribution is -0.404. The third-order valence-electron chi connectivity index (χ3n) is 1.49. The second-order valence-corrected chi connectivity index (χ2v) is 3.57. The first-order valence-corrected chi connectivity index (χ1v) is 4.72. The van der Waals surface area contributed by atoms with E-state index in [1.54, 1.807) is 0 Å². The molecule has 0 aliphatic carbocycles. The smallest absolute Gasteiger partial charge is 0.169 e. The lowest BCUT2D eigenvalue weighted by atomic mass is 10.2. The fourth-order valence-electron chi connectivity index (χ4n) is 0.764. The minimum absolute atomic E-state index is 0.00350. The Balaban J connectivity index is 2.72. The van der Waals surface area contributed by atoms with Crippen molar-refractivity contribution in [2.75, 3.05) is 6.61 Å². The van der Waals surface area contributed by atoms with Gasteiger partial charge in [-0.2, -0.15) is 0 Å². The highest BCUT2D eigenvalue weighted by atomic mass is 79.9. The average molecular weight is 241 g/mol. The first kappa shape index (κ1) is 10.3. The van der Waals surface area contributed by atoms with Gasteiger partial charge in [0.05, 0.1) is 0 Å². The van der Waals surface area contributed by atoms with E-state index in [-0.39, 0.29) is 12.6 Å². The molecule has 0 spiro atoms. The van der Waals surface area contributed by atoms with Crippen molar-refractivity contribution in [2.45, 2.75) is 6.04 Å². The zero-order valence-electron chi connectivity index (χ0n) is 7.13. The maximum absolute atomic E-state index is 8.68. The molecule has 1 aromatic carbocycles. The summed E-state index contributed by atoms with van der Waals surface area (Å²) in [5.74, 6) is 5.77. The van der Waals surface area contributed by atoms with Crippen molar-refractivity contribution in [2.24, 2.45) is 0 Å². The van der Waals surface area contributed by atoms with Crippen LogP contribution in [-0.2, 0) is 0 Å². The lowest BCUT2D eigenvalue weighted by Gasteiger charge is -1.92. The van der Waals surface area contributed by atoms with Gasteiger partial charge in [-0.1, -0.05) is 21.9 Å². The molecule has 0 heterocycles. The van der Waals surface area contributed by atoms with Crippen LogP contribution in [0.25, 0.3) is 0 Å². The average Bonchev–Trinajstić information content (AvgIpc) is 2.16. The zero-order chi connectivity index (χ0) is 9.68. The summed E-state index contributed by atoms with van der Waals surface area (Å²) in [7, 11) is 0. The van der Waals surface area contributed by atoms with Crippen LogP contribution < -0.4 is 5.73 Å². The molecule has 0 aliphatic heterocycles. The van der Waals surface area contributed by atoms with Crippen LogP contribution in [0.2, 0.25) is 0 Å². The third-order valence-corrected chi connectivity index (χ3v) is 2.01. The monoisotopic (exact) mass is 240 g/mol. The maximum atomic E-state index is 8.68. The highest BCUT2D eigenvalue weighted by molar-refractivity contribution is 9.10. The summed E-state index contributed by atoms with van der Waals surface area (Å²) >= 11 is 3.34. The van der Waals surface area contributed by atoms with Gasteiger partial charge in [0.15, 0.2) is 6.04 Å². The predicted octanol–water partition coefficient (Wildman–Crippen LogP) is 0.403. The topological polar surface area (TPSA) is 47.9 Å². The second-order valence-electron chi connectivity index (χ2n) is 2.66. The summed E-state index contributed by atoms with van der Waals surface area (Å²) in [4.78, 5) is 0. The highest BCUT2D eigenvalue weighted by Gasteiger charge is 1.95. The summed E-state index contributed by atoms with van der Waals surface area (Å²) in [5.41, 5.74) is 4.59. The van der Waals surface area contributed by atoms with Crippen LogP contribution in [0.4, 0.5) is 0 Å². The van der Waals surface area contributed by atoms with Gasteiger partial charge in [0.1, 0.15) is 6.61 Å². The number of aliphatic hydroxyl groups is 1. The number of hydrogen-bond acceptors (Lipinski definition) is 1. The molecular formula is C10H11BrNO+. The molecule has 0 unspecified atom stereocenters. The van der Waals surface area contributed by atoms with E-state index < -0.39 is 0 Å². The molecule has 0 amide bonds. The van der Waals surface area contributed by atoms with E-state index in [4.69, 9.17) is 5.11 Å². The van der Waals surface area contributed by atoms with Crippen LogP contribution in [0.5, 0.6) is 0 Å². The Morgan fingerprint density at radius 2 is 2.00 bits per heavy atom. The fourth-order valence-corrected chi connectivity index (χ4v) is 1.03. The first-order valence-electron chi connectivity index (χ1n) is 3.93. The van der Waals surface area contributed by atoms with Crippen LogP contribution in [0.15, 0.2) is 28.7 Å². The number of aliphatic hydroxyl groups excluding tert-OH is 1. The molecule has 68 valence electrons. The number of rotatable bonds is 1. The van der Waals surface area contributed by atoms with E-state index in [9.17, 15) is 0 Å². The van der Waals surface area contributed by atoms with Crippen molar-refractivity contribution >= 4 is 15.9 Å². The minimum atomic E-state index is -0.205. The Morgan fingerprint density at radius 1 is 1.38 bits per heavy atom. The molecule has 13 heavy (non-hydrogen) atoms. The van der Waals surface area contributed by atoms with E-state index in [0.29, 0.717) is 0 Å². The van der Waals surface area contributed by atoms with E-state index in [0.717, 1.165) is 10.0 Å². The Bertz CT molecular complexity index is 323. The van der Waals surface area contributed by atoms with Crippen LogP contribution in [-0.4, -0.2) is 17.8 Å². The van der Waals surface area contributed by atoms with Crippen LogP contribution in [0.3, 0.4) is 0 Å². The van der Waals surface area contributed by atoms with Gasteiger partial charge in [-0.3, -0.25) is 0 Å². The van der Waals surface area contributed by atoms with Gasteiger partial charge in [0.2, 0.25) is 0 Å². The van der Waals surface area contributed by atoms with E-state index in [2.05, 4.69) is 33.5 Å². The summed E-state index contributed by atoms with van der Waals surface area (Å²) < 4.78 is 1.03. The Hall–Kier alpha value is -0.820. The molecule has 3 heteroatoms. The molecule has 0 bridgehead atoms. The van der Waals surface area contributed by atoms with E-state index in [1.165, 1.54) is 0 Å². The van der Waals surface area contributed by atoms with Gasteiger partial charge in [0.25, 0.3) is 0 Å². The molecule has 0 saturated carbocycles. The Morgan fingerprint density at radius 3 is 2.54 bits per heavy atom. The van der Waals surface area contributed by atoms with Crippen molar-refractivity contribution in [3.63, 3.8) is 0 Å². The largest absolute Gasteiger partial charge is 0.389 e. The second kappa shape index (κ2) is 5.03. The molecule has 0 fully saturated rings. The Labute approximate surface area is 85.9 Å². The molecule has 1 atom stereocenters. The van der Waals surface area contributed by atoms with Crippen molar-refractivity contribution in [1.29, 1.82) is 0 Å². The molecule has 1 aromatic rings. The van der Waals surface area contributed by atoms with Crippen LogP contribution in [0, 0.1) is 11.8 Å². The number of hydrogen-bond donors (Lipinski definition) is 2. The standard InChI is InChI=1S/C10H10BrNO/c11-9-4-1-8(2-5-9)3-6-10(12)7-13/h1-2,4-5,10,13H,7,12H2/p+1/t10-/m0/s1. The SMILES string of the molecule is [NH3+][C@@H](C#Cc1ccc(Br)cc1)CO. The molecule has 2 nitrogen and oxygen atoms in total. The van der Waals surface area contributed by atoms with E-state index >= 15 is 0 Å². The predicted molar refractivity (Wildman–Crippen MR) is 54.8 cm³/mol. The quantitative estimate of drug-likeness (QED) is 0.687. The van der Waals surface area contributed by atoms with Crippen LogP contribution >= 0.6 is 15.9 Å². The summed E-state index contributed by atoms with van der Waals surface area (Å²) in [5, 5.41) is 8.68. The normalized spacial score (nSPS) is 11.6. The van der Waals surface area contributed by atoms with Crippen molar-refractivity contribution < 1.29 is 10.8 Å². The van der Waals surface area contributed by atoms with Crippen LogP contribution in [0.1, 0.15) is 5.56 Å². The van der Waals surface area contributed by atoms with Gasteiger partial charge in [-0.15, -0.1) is 0 Å². The summed E-state index contributed by atoms with van der Waals surface area (Å²) in [6, 6.07) is 7.49. The van der Waals surface area contributed by atoms with Gasteiger partial charge in [0, 0.05) is 10.0 Å². The molecular weight excluding hydrogens is 230 g/mol. The van der Waals surface area contributed by atoms with E-state index in [1.807, 2.05) is 24.3 Å². The van der Waals surface area contributed by atoms with Gasteiger partial charge >= 0.3 is 0 Å². The maximum Gasteiger partial charge on any atom is 0.169 e. The summed E-state index contributed by atoms with van der Waals surface area (Å²) in [6.45, 7) is 0.00350. The fraction of sp³-hybridized carbons (Fsp3) is 0.200. The lowest BCUT2D eigenvalue weighted by Crippen LogP contribution is -2.62. The number of benzene rings is 1. The molecule has 0 aliphatic rings. The molecule has 4 N–H and O–H groups in total. The Kier molecular flexibility index (Phi) is 3.97. The summed E-state index contributed by atoms with van der Waals surface area (Å²) in [6.07, 6.45) is 0. The number of quaternary nitrogens is 1. The van der Waals surface area contributed by atoms with Crippen molar-refractivity contribution in [1.82, 2.24) is 0 Å². The highest BCUT2D eigenvalue weighted by Crippen LogP contribution is 2.09. The minimum Gasteiger partial charge on any atom is -0.389 e.